The summed E-state index contributed by atoms with van der Waals surface area (Å²) in [6, 6.07) is 23.5. The average Bonchev–Trinajstić information content (AvgIpc) is 3.22. The minimum atomic E-state index is -0.0719. The van der Waals surface area contributed by atoms with Crippen LogP contribution in [-0.2, 0) is 0 Å². The van der Waals surface area contributed by atoms with E-state index in [2.05, 4.69) is 11.1 Å². The zero-order valence-corrected chi connectivity index (χ0v) is 16.3. The van der Waals surface area contributed by atoms with Gasteiger partial charge < -0.3 is 9.88 Å². The Hall–Kier alpha value is -3.86. The topological polar surface area (TPSA) is 53.9 Å². The van der Waals surface area contributed by atoms with Gasteiger partial charge >= 0.3 is 0 Å². The zero-order chi connectivity index (χ0) is 20.0. The maximum atomic E-state index is 13.5. The van der Waals surface area contributed by atoms with Crippen LogP contribution in [0, 0.1) is 0 Å². The Morgan fingerprint density at radius 2 is 1.72 bits per heavy atom. The first-order chi connectivity index (χ1) is 14.1. The van der Waals surface area contributed by atoms with Crippen molar-refractivity contribution in [3.8, 4) is 17.1 Å². The normalized spacial score (nSPS) is 11.2. The van der Waals surface area contributed by atoms with Gasteiger partial charge in [0.1, 0.15) is 5.82 Å². The Labute approximate surface area is 167 Å². The van der Waals surface area contributed by atoms with Crippen molar-refractivity contribution in [1.29, 1.82) is 0 Å². The molecule has 2 heterocycles. The number of aromatic nitrogens is 3. The van der Waals surface area contributed by atoms with Crippen LogP contribution in [0.1, 0.15) is 0 Å². The minimum absolute atomic E-state index is 0.0719. The van der Waals surface area contributed by atoms with Crippen LogP contribution in [0.2, 0.25) is 0 Å². The Balaban J connectivity index is 1.81. The maximum absolute atomic E-state index is 13.5. The van der Waals surface area contributed by atoms with E-state index in [1.807, 2.05) is 91.9 Å². The van der Waals surface area contributed by atoms with E-state index in [4.69, 9.17) is 4.98 Å². The highest BCUT2D eigenvalue weighted by molar-refractivity contribution is 5.86. The van der Waals surface area contributed by atoms with E-state index in [0.29, 0.717) is 16.7 Å². The van der Waals surface area contributed by atoms with Crippen molar-refractivity contribution in [3.63, 3.8) is 0 Å². The van der Waals surface area contributed by atoms with E-state index in [0.717, 1.165) is 27.8 Å². The number of aromatic amines is 1. The number of benzene rings is 3. The van der Waals surface area contributed by atoms with Gasteiger partial charge in [-0.2, -0.15) is 0 Å². The molecule has 0 atom stereocenters. The molecule has 0 fully saturated rings. The maximum Gasteiger partial charge on any atom is 0.266 e. The molecule has 5 rings (SSSR count). The van der Waals surface area contributed by atoms with Gasteiger partial charge in [-0.05, 0) is 60.7 Å². The van der Waals surface area contributed by atoms with Gasteiger partial charge in [0.25, 0.3) is 5.56 Å². The first-order valence-corrected chi connectivity index (χ1v) is 9.49. The lowest BCUT2D eigenvalue weighted by Gasteiger charge is -2.16. The van der Waals surface area contributed by atoms with Gasteiger partial charge in [-0.15, -0.1) is 0 Å². The van der Waals surface area contributed by atoms with Crippen LogP contribution in [0.5, 0.6) is 0 Å². The number of nitrogens with one attached hydrogen (secondary N) is 1. The van der Waals surface area contributed by atoms with Gasteiger partial charge in [-0.25, -0.2) is 4.98 Å². The Bertz CT molecular complexity index is 1390. The number of fused-ring (bicyclic) bond motifs is 2. The fourth-order valence-corrected chi connectivity index (χ4v) is 3.66. The molecule has 29 heavy (non-hydrogen) atoms. The third kappa shape index (κ3) is 2.88. The van der Waals surface area contributed by atoms with Gasteiger partial charge in [-0.1, -0.05) is 12.1 Å². The predicted molar refractivity (Wildman–Crippen MR) is 119 cm³/mol. The molecule has 0 spiro atoms. The quantitative estimate of drug-likeness (QED) is 0.498. The van der Waals surface area contributed by atoms with E-state index in [9.17, 15) is 4.79 Å². The summed E-state index contributed by atoms with van der Waals surface area (Å²) in [4.78, 5) is 23.6. The Morgan fingerprint density at radius 1 is 0.931 bits per heavy atom. The third-order valence-electron chi connectivity index (χ3n) is 5.21. The fourth-order valence-electron chi connectivity index (χ4n) is 3.66. The second-order valence-electron chi connectivity index (χ2n) is 7.28. The van der Waals surface area contributed by atoms with Crippen molar-refractivity contribution >= 4 is 27.5 Å². The van der Waals surface area contributed by atoms with E-state index in [1.165, 1.54) is 0 Å². The molecule has 0 bridgehead atoms. The highest BCUT2D eigenvalue weighted by Gasteiger charge is 2.15. The molecular weight excluding hydrogens is 360 g/mol. The Morgan fingerprint density at radius 3 is 2.52 bits per heavy atom. The summed E-state index contributed by atoms with van der Waals surface area (Å²) in [5.41, 5.74) is 4.45. The number of anilines is 1. The molecule has 2 aromatic heterocycles. The summed E-state index contributed by atoms with van der Waals surface area (Å²) in [7, 11) is 3.99. The van der Waals surface area contributed by atoms with Crippen molar-refractivity contribution in [2.75, 3.05) is 19.0 Å². The highest BCUT2D eigenvalue weighted by atomic mass is 16.1. The van der Waals surface area contributed by atoms with Gasteiger partial charge in [-0.3, -0.25) is 9.36 Å². The van der Waals surface area contributed by atoms with Gasteiger partial charge in [0.2, 0.25) is 0 Å². The molecule has 0 aliphatic rings. The fraction of sp³-hybridized carbons (Fsp3) is 0.0833. The number of hydrogen-bond acceptors (Lipinski definition) is 3. The lowest BCUT2D eigenvalue weighted by molar-refractivity contribution is 0.975. The van der Waals surface area contributed by atoms with Crippen LogP contribution in [-0.4, -0.2) is 28.6 Å². The van der Waals surface area contributed by atoms with E-state index in [1.54, 1.807) is 4.57 Å². The molecule has 3 aromatic carbocycles. The van der Waals surface area contributed by atoms with Crippen LogP contribution in [0.4, 0.5) is 5.69 Å². The smallest absolute Gasteiger partial charge is 0.266 e. The number of H-pyrrole nitrogens is 1. The van der Waals surface area contributed by atoms with Crippen molar-refractivity contribution in [2.45, 2.75) is 0 Å². The Kier molecular flexibility index (Phi) is 3.95. The molecular formula is C24H20N4O. The van der Waals surface area contributed by atoms with Crippen molar-refractivity contribution in [3.05, 3.63) is 89.3 Å². The lowest BCUT2D eigenvalue weighted by Crippen LogP contribution is -2.22. The van der Waals surface area contributed by atoms with Gasteiger partial charge in [0.05, 0.1) is 16.6 Å². The molecule has 0 aliphatic heterocycles. The standard InChI is InChI=1S/C24H20N4O/c1-27(2)18-8-10-19(11-9-18)28-23(17-7-12-21-16(15-17)13-14-25-21)26-22-6-4-3-5-20(22)24(28)29/h3-15,25H,1-2H3. The molecule has 5 nitrogen and oxygen atoms in total. The highest BCUT2D eigenvalue weighted by Crippen LogP contribution is 2.26. The number of nitrogens with zero attached hydrogens (tertiary/aromatic N) is 3. The zero-order valence-electron chi connectivity index (χ0n) is 16.3. The van der Waals surface area contributed by atoms with Crippen LogP contribution in [0.3, 0.4) is 0 Å². The molecule has 0 amide bonds. The molecule has 142 valence electrons. The van der Waals surface area contributed by atoms with Crippen LogP contribution in [0.15, 0.2) is 83.8 Å². The van der Waals surface area contributed by atoms with Crippen molar-refractivity contribution in [1.82, 2.24) is 14.5 Å². The molecule has 0 unspecified atom stereocenters. The van der Waals surface area contributed by atoms with Crippen LogP contribution in [0.25, 0.3) is 38.9 Å². The molecule has 0 saturated heterocycles. The summed E-state index contributed by atoms with van der Waals surface area (Å²) in [5, 5.41) is 1.69. The predicted octanol–water partition coefficient (Wildman–Crippen LogP) is 4.60. The number of rotatable bonds is 3. The first-order valence-electron chi connectivity index (χ1n) is 9.49. The van der Waals surface area contributed by atoms with Crippen LogP contribution >= 0.6 is 0 Å². The average molecular weight is 380 g/mol. The summed E-state index contributed by atoms with van der Waals surface area (Å²) in [5.74, 6) is 0.634. The number of hydrogen-bond donors (Lipinski definition) is 1. The minimum Gasteiger partial charge on any atom is -0.378 e. The second kappa shape index (κ2) is 6.63. The van der Waals surface area contributed by atoms with E-state index < -0.39 is 0 Å². The third-order valence-corrected chi connectivity index (χ3v) is 5.21. The van der Waals surface area contributed by atoms with Crippen molar-refractivity contribution < 1.29 is 0 Å². The molecule has 0 saturated carbocycles. The van der Waals surface area contributed by atoms with Crippen molar-refractivity contribution in [2.24, 2.45) is 0 Å². The SMILES string of the molecule is CN(C)c1ccc(-n2c(-c3ccc4[nH]ccc4c3)nc3ccccc3c2=O)cc1. The molecule has 5 heteroatoms. The molecule has 5 aromatic rings. The van der Waals surface area contributed by atoms with E-state index >= 15 is 0 Å². The summed E-state index contributed by atoms with van der Waals surface area (Å²) in [6.45, 7) is 0. The summed E-state index contributed by atoms with van der Waals surface area (Å²) >= 11 is 0. The summed E-state index contributed by atoms with van der Waals surface area (Å²) in [6.07, 6.45) is 1.91. The van der Waals surface area contributed by atoms with E-state index in [-0.39, 0.29) is 5.56 Å². The molecule has 0 aliphatic carbocycles. The largest absolute Gasteiger partial charge is 0.378 e. The first kappa shape index (κ1) is 17.3. The molecule has 1 N–H and O–H groups in total. The summed E-state index contributed by atoms with van der Waals surface area (Å²) < 4.78 is 1.70. The van der Waals surface area contributed by atoms with Gasteiger partial charge in [0.15, 0.2) is 0 Å². The van der Waals surface area contributed by atoms with Gasteiger partial charge in [0, 0.05) is 42.4 Å². The lowest BCUT2D eigenvalue weighted by atomic mass is 10.1. The second-order valence-corrected chi connectivity index (χ2v) is 7.28. The monoisotopic (exact) mass is 380 g/mol. The van der Waals surface area contributed by atoms with Crippen LogP contribution < -0.4 is 10.5 Å². The molecule has 0 radical (unpaired) electrons. The number of para-hydroxylation sites is 1.